The predicted octanol–water partition coefficient (Wildman–Crippen LogP) is 2.61. The summed E-state index contributed by atoms with van der Waals surface area (Å²) in [6.07, 6.45) is 5.41. The zero-order valence-corrected chi connectivity index (χ0v) is 9.84. The molecule has 0 aliphatic rings. The fraction of sp³-hybridized carbons (Fsp3) is 0.0769. The molecule has 0 unspecified atom stereocenters. The van der Waals surface area contributed by atoms with Crippen molar-refractivity contribution in [1.82, 2.24) is 9.78 Å². The van der Waals surface area contributed by atoms with Gasteiger partial charge in [-0.15, -0.1) is 0 Å². The van der Waals surface area contributed by atoms with Crippen LogP contribution in [-0.4, -0.2) is 9.78 Å². The minimum Gasteiger partial charge on any atom is -0.268 e. The van der Waals surface area contributed by atoms with Crippen molar-refractivity contribution in [2.24, 2.45) is 0 Å². The molecule has 2 rings (SSSR count). The maximum absolute atomic E-state index is 11.4. The Balaban J connectivity index is 2.05. The Morgan fingerprint density at radius 2 is 2.00 bits per heavy atom. The zero-order chi connectivity index (χ0) is 12.1. The molecule has 2 aromatic rings. The summed E-state index contributed by atoms with van der Waals surface area (Å²) in [5.41, 5.74) is 0.937. The lowest BCUT2D eigenvalue weighted by molar-refractivity contribution is 0.652. The van der Waals surface area contributed by atoms with Crippen LogP contribution in [0.1, 0.15) is 5.56 Å². The van der Waals surface area contributed by atoms with Crippen molar-refractivity contribution < 1.29 is 0 Å². The fourth-order valence-corrected chi connectivity index (χ4v) is 1.51. The first-order valence-electron chi connectivity index (χ1n) is 5.20. The third-order valence-corrected chi connectivity index (χ3v) is 2.50. The summed E-state index contributed by atoms with van der Waals surface area (Å²) in [4.78, 5) is 11.4. The first-order valence-corrected chi connectivity index (χ1v) is 5.58. The normalized spacial score (nSPS) is 10.9. The number of hydrogen-bond donors (Lipinski definition) is 0. The topological polar surface area (TPSA) is 34.9 Å². The number of allylic oxidation sites excluding steroid dienone is 1. The Morgan fingerprint density at radius 3 is 2.71 bits per heavy atom. The van der Waals surface area contributed by atoms with Gasteiger partial charge in [-0.3, -0.25) is 4.79 Å². The summed E-state index contributed by atoms with van der Waals surface area (Å²) in [6, 6.07) is 10.6. The second kappa shape index (κ2) is 5.46. The van der Waals surface area contributed by atoms with E-state index in [1.807, 2.05) is 36.4 Å². The summed E-state index contributed by atoms with van der Waals surface area (Å²) >= 11 is 5.78. The first kappa shape index (κ1) is 11.6. The maximum Gasteiger partial charge on any atom is 0.267 e. The van der Waals surface area contributed by atoms with Crippen LogP contribution in [0.25, 0.3) is 6.08 Å². The van der Waals surface area contributed by atoms with Crippen LogP contribution in [-0.2, 0) is 6.54 Å². The Bertz CT molecular complexity index is 572. The molecule has 0 saturated heterocycles. The van der Waals surface area contributed by atoms with Gasteiger partial charge in [0.25, 0.3) is 5.56 Å². The van der Waals surface area contributed by atoms with Crippen LogP contribution in [0.2, 0.25) is 5.02 Å². The van der Waals surface area contributed by atoms with Gasteiger partial charge in [-0.1, -0.05) is 35.9 Å². The van der Waals surface area contributed by atoms with E-state index in [1.54, 1.807) is 12.3 Å². The largest absolute Gasteiger partial charge is 0.268 e. The molecule has 3 nitrogen and oxygen atoms in total. The van der Waals surface area contributed by atoms with Gasteiger partial charge in [0.2, 0.25) is 0 Å². The van der Waals surface area contributed by atoms with Crippen molar-refractivity contribution in [2.75, 3.05) is 0 Å². The van der Waals surface area contributed by atoms with E-state index in [2.05, 4.69) is 5.10 Å². The number of halogens is 1. The maximum atomic E-state index is 11.4. The Morgan fingerprint density at radius 1 is 1.24 bits per heavy atom. The van der Waals surface area contributed by atoms with Crippen molar-refractivity contribution in [1.29, 1.82) is 0 Å². The molecule has 0 fully saturated rings. The van der Waals surface area contributed by atoms with E-state index in [1.165, 1.54) is 10.7 Å². The van der Waals surface area contributed by atoms with Gasteiger partial charge in [0, 0.05) is 17.3 Å². The third-order valence-electron chi connectivity index (χ3n) is 2.24. The van der Waals surface area contributed by atoms with E-state index in [-0.39, 0.29) is 5.56 Å². The minimum atomic E-state index is -0.103. The monoisotopic (exact) mass is 246 g/mol. The Hall–Kier alpha value is -1.87. The predicted molar refractivity (Wildman–Crippen MR) is 69.0 cm³/mol. The average Bonchev–Trinajstić information content (AvgIpc) is 2.34. The molecule has 0 aliphatic carbocycles. The molecule has 86 valence electrons. The fourth-order valence-electron chi connectivity index (χ4n) is 1.39. The van der Waals surface area contributed by atoms with E-state index in [0.717, 1.165) is 5.56 Å². The second-order valence-electron chi connectivity index (χ2n) is 3.50. The van der Waals surface area contributed by atoms with Crippen LogP contribution in [0.15, 0.2) is 53.5 Å². The van der Waals surface area contributed by atoms with Crippen LogP contribution in [0.3, 0.4) is 0 Å². The van der Waals surface area contributed by atoms with Crippen LogP contribution in [0, 0.1) is 0 Å². The van der Waals surface area contributed by atoms with Gasteiger partial charge in [0.15, 0.2) is 0 Å². The number of nitrogens with zero attached hydrogens (tertiary/aromatic N) is 2. The van der Waals surface area contributed by atoms with Crippen LogP contribution < -0.4 is 5.56 Å². The van der Waals surface area contributed by atoms with Crippen molar-refractivity contribution >= 4 is 17.7 Å². The Kier molecular flexibility index (Phi) is 3.73. The first-order chi connectivity index (χ1) is 8.25. The van der Waals surface area contributed by atoms with Gasteiger partial charge in [-0.25, -0.2) is 4.68 Å². The lowest BCUT2D eigenvalue weighted by Gasteiger charge is -1.98. The average molecular weight is 247 g/mol. The molecule has 0 amide bonds. The number of aromatic nitrogens is 2. The van der Waals surface area contributed by atoms with Crippen molar-refractivity contribution in [3.05, 3.63) is 69.6 Å². The molecular formula is C13H11ClN2O. The molecule has 1 aromatic carbocycles. The van der Waals surface area contributed by atoms with Gasteiger partial charge in [-0.05, 0) is 23.8 Å². The third kappa shape index (κ3) is 3.29. The highest BCUT2D eigenvalue weighted by Crippen LogP contribution is 2.10. The molecule has 0 N–H and O–H groups in total. The van der Waals surface area contributed by atoms with E-state index < -0.39 is 0 Å². The van der Waals surface area contributed by atoms with Gasteiger partial charge in [0.1, 0.15) is 0 Å². The number of rotatable bonds is 3. The summed E-state index contributed by atoms with van der Waals surface area (Å²) in [5.74, 6) is 0. The molecule has 17 heavy (non-hydrogen) atoms. The standard InChI is InChI=1S/C13H11ClN2O/c14-12-7-5-11(6-8-12)3-2-10-16-13(17)4-1-9-15-16/h1-9H,10H2. The minimum absolute atomic E-state index is 0.103. The molecule has 0 bridgehead atoms. The zero-order valence-electron chi connectivity index (χ0n) is 9.08. The molecule has 4 heteroatoms. The number of benzene rings is 1. The van der Waals surface area contributed by atoms with E-state index >= 15 is 0 Å². The molecule has 0 radical (unpaired) electrons. The van der Waals surface area contributed by atoms with Crippen molar-refractivity contribution in [3.63, 3.8) is 0 Å². The van der Waals surface area contributed by atoms with E-state index in [9.17, 15) is 4.79 Å². The molecule has 0 atom stereocenters. The van der Waals surface area contributed by atoms with Crippen LogP contribution in [0.5, 0.6) is 0 Å². The molecule has 0 saturated carbocycles. The summed E-state index contributed by atoms with van der Waals surface area (Å²) < 4.78 is 1.40. The summed E-state index contributed by atoms with van der Waals surface area (Å²) in [7, 11) is 0. The highest BCUT2D eigenvalue weighted by atomic mass is 35.5. The second-order valence-corrected chi connectivity index (χ2v) is 3.93. The Labute approximate surface area is 104 Å². The van der Waals surface area contributed by atoms with Crippen molar-refractivity contribution in [3.8, 4) is 0 Å². The summed E-state index contributed by atoms with van der Waals surface area (Å²) in [5, 5.41) is 4.67. The molecular weight excluding hydrogens is 236 g/mol. The van der Waals surface area contributed by atoms with Crippen molar-refractivity contribution in [2.45, 2.75) is 6.54 Å². The van der Waals surface area contributed by atoms with E-state index in [4.69, 9.17) is 11.6 Å². The smallest absolute Gasteiger partial charge is 0.267 e. The van der Waals surface area contributed by atoms with Gasteiger partial charge in [0.05, 0.1) is 6.54 Å². The lowest BCUT2D eigenvalue weighted by Crippen LogP contribution is -2.20. The summed E-state index contributed by atoms with van der Waals surface area (Å²) in [6.45, 7) is 0.461. The highest BCUT2D eigenvalue weighted by molar-refractivity contribution is 6.30. The molecule has 1 heterocycles. The van der Waals surface area contributed by atoms with Gasteiger partial charge < -0.3 is 0 Å². The number of hydrogen-bond acceptors (Lipinski definition) is 2. The van der Waals surface area contributed by atoms with Crippen LogP contribution in [0.4, 0.5) is 0 Å². The quantitative estimate of drug-likeness (QED) is 0.835. The van der Waals surface area contributed by atoms with Gasteiger partial charge >= 0.3 is 0 Å². The van der Waals surface area contributed by atoms with Gasteiger partial charge in [-0.2, -0.15) is 5.10 Å². The van der Waals surface area contributed by atoms with E-state index in [0.29, 0.717) is 11.6 Å². The lowest BCUT2D eigenvalue weighted by atomic mass is 10.2. The molecule has 0 spiro atoms. The molecule has 0 aliphatic heterocycles. The van der Waals surface area contributed by atoms with Crippen LogP contribution >= 0.6 is 11.6 Å². The highest BCUT2D eigenvalue weighted by Gasteiger charge is 1.91. The SMILES string of the molecule is O=c1cccnn1CC=Cc1ccc(Cl)cc1. The molecule has 1 aromatic heterocycles.